The number of aliphatic imine (C=N–C) groups is 1. The lowest BCUT2D eigenvalue weighted by Gasteiger charge is -2.34. The second-order valence-electron chi connectivity index (χ2n) is 7.25. The molecule has 2 aliphatic heterocycles. The highest BCUT2D eigenvalue weighted by molar-refractivity contribution is 14.0. The highest BCUT2D eigenvalue weighted by Crippen LogP contribution is 2.21. The number of nitrogens with zero attached hydrogens (tertiary/aromatic N) is 3. The fourth-order valence-corrected chi connectivity index (χ4v) is 3.78. The predicted octanol–water partition coefficient (Wildman–Crippen LogP) is 2.60. The smallest absolute Gasteiger partial charge is 0.220 e. The van der Waals surface area contributed by atoms with Crippen LogP contribution in [0.4, 0.5) is 5.69 Å². The van der Waals surface area contributed by atoms with Gasteiger partial charge in [-0.05, 0) is 36.5 Å². The van der Waals surface area contributed by atoms with Gasteiger partial charge in [0, 0.05) is 58.9 Å². The molecule has 1 saturated heterocycles. The van der Waals surface area contributed by atoms with Crippen LogP contribution in [0.2, 0.25) is 0 Å². The zero-order valence-electron chi connectivity index (χ0n) is 16.9. The van der Waals surface area contributed by atoms with Crippen molar-refractivity contribution in [2.24, 2.45) is 10.9 Å². The Morgan fingerprint density at radius 1 is 1.21 bits per heavy atom. The molecule has 6 nitrogen and oxygen atoms in total. The Labute approximate surface area is 185 Å². The van der Waals surface area contributed by atoms with Gasteiger partial charge in [0.2, 0.25) is 5.91 Å². The monoisotopic (exact) mass is 497 g/mol. The van der Waals surface area contributed by atoms with Crippen molar-refractivity contribution in [3.63, 3.8) is 0 Å². The summed E-state index contributed by atoms with van der Waals surface area (Å²) in [5.74, 6) is 1.57. The van der Waals surface area contributed by atoms with E-state index < -0.39 is 0 Å². The minimum absolute atomic E-state index is 0. The molecule has 28 heavy (non-hydrogen) atoms. The Hall–Kier alpha value is -1.77. The second kappa shape index (κ2) is 11.3. The zero-order valence-corrected chi connectivity index (χ0v) is 19.2. The fraction of sp³-hybridized carbons (Fsp3) is 0.524. The first-order valence-electron chi connectivity index (χ1n) is 9.84. The van der Waals surface area contributed by atoms with E-state index in [1.165, 1.54) is 11.3 Å². The van der Waals surface area contributed by atoms with E-state index in [1.807, 2.05) is 7.05 Å². The van der Waals surface area contributed by atoms with Gasteiger partial charge in [-0.15, -0.1) is 24.0 Å². The third-order valence-corrected chi connectivity index (χ3v) is 5.42. The molecule has 1 aromatic carbocycles. The number of nitrogens with one attached hydrogen (secondary N) is 2. The van der Waals surface area contributed by atoms with Crippen molar-refractivity contribution in [2.75, 3.05) is 45.2 Å². The van der Waals surface area contributed by atoms with E-state index in [0.29, 0.717) is 12.3 Å². The molecule has 0 aliphatic carbocycles. The standard InChI is InChI=1S/C21H31N5O.HI/c1-22-20(27)15-17-8-12-26(13-9-17)21(23-2)24-16-18-6-5-7-19(14-18)25-10-3-4-11-25;/h3-7,14,17H,8-13,15-16H2,1-2H3,(H,22,27)(H,23,24);1H. The number of carbonyl (C=O) groups excluding carboxylic acids is 1. The number of hydrogen-bond donors (Lipinski definition) is 2. The van der Waals surface area contributed by atoms with Crippen LogP contribution in [-0.4, -0.2) is 57.0 Å². The van der Waals surface area contributed by atoms with Gasteiger partial charge in [-0.1, -0.05) is 24.3 Å². The number of piperidine rings is 1. The van der Waals surface area contributed by atoms with E-state index in [1.54, 1.807) is 7.05 Å². The summed E-state index contributed by atoms with van der Waals surface area (Å²) in [6, 6.07) is 8.70. The minimum Gasteiger partial charge on any atom is -0.364 e. The van der Waals surface area contributed by atoms with Crippen LogP contribution < -0.4 is 15.5 Å². The Balaban J connectivity index is 0.00000280. The molecule has 2 N–H and O–H groups in total. The second-order valence-corrected chi connectivity index (χ2v) is 7.25. The lowest BCUT2D eigenvalue weighted by atomic mass is 9.93. The van der Waals surface area contributed by atoms with Crippen molar-refractivity contribution in [3.05, 3.63) is 42.0 Å². The molecule has 0 spiro atoms. The van der Waals surface area contributed by atoms with Gasteiger partial charge in [0.1, 0.15) is 0 Å². The van der Waals surface area contributed by atoms with Gasteiger partial charge in [-0.25, -0.2) is 0 Å². The van der Waals surface area contributed by atoms with Crippen molar-refractivity contribution in [3.8, 4) is 0 Å². The van der Waals surface area contributed by atoms with Gasteiger partial charge >= 0.3 is 0 Å². The quantitative estimate of drug-likeness (QED) is 0.284. The van der Waals surface area contributed by atoms with Crippen molar-refractivity contribution in [1.82, 2.24) is 15.5 Å². The van der Waals surface area contributed by atoms with Crippen LogP contribution >= 0.6 is 24.0 Å². The number of benzene rings is 1. The van der Waals surface area contributed by atoms with Crippen LogP contribution in [0.5, 0.6) is 0 Å². The van der Waals surface area contributed by atoms with Crippen LogP contribution in [0.15, 0.2) is 41.4 Å². The molecule has 1 fully saturated rings. The number of rotatable bonds is 5. The SMILES string of the molecule is CN=C(NCc1cccc(N2CC=CC2)c1)N1CCC(CC(=O)NC)CC1.I. The summed E-state index contributed by atoms with van der Waals surface area (Å²) in [7, 11) is 3.55. The highest BCUT2D eigenvalue weighted by atomic mass is 127. The van der Waals surface area contributed by atoms with E-state index >= 15 is 0 Å². The molecule has 0 radical (unpaired) electrons. The van der Waals surface area contributed by atoms with E-state index in [0.717, 1.165) is 51.5 Å². The Morgan fingerprint density at radius 2 is 1.93 bits per heavy atom. The van der Waals surface area contributed by atoms with E-state index in [4.69, 9.17) is 0 Å². The summed E-state index contributed by atoms with van der Waals surface area (Å²) >= 11 is 0. The van der Waals surface area contributed by atoms with Gasteiger partial charge in [-0.2, -0.15) is 0 Å². The molecule has 0 aromatic heterocycles. The van der Waals surface area contributed by atoms with Crippen LogP contribution in [-0.2, 0) is 11.3 Å². The van der Waals surface area contributed by atoms with Gasteiger partial charge in [0.05, 0.1) is 0 Å². The molecule has 2 aliphatic rings. The normalized spacial score (nSPS) is 17.4. The summed E-state index contributed by atoms with van der Waals surface area (Å²) in [5, 5.41) is 6.23. The Kier molecular flexibility index (Phi) is 9.08. The number of likely N-dealkylation sites (tertiary alicyclic amines) is 1. The first-order valence-corrected chi connectivity index (χ1v) is 9.84. The molecule has 0 bridgehead atoms. The molecular formula is C21H32IN5O. The Morgan fingerprint density at radius 3 is 2.57 bits per heavy atom. The summed E-state index contributed by atoms with van der Waals surface area (Å²) < 4.78 is 0. The summed E-state index contributed by atoms with van der Waals surface area (Å²) in [5.41, 5.74) is 2.53. The molecule has 0 unspecified atom stereocenters. The van der Waals surface area contributed by atoms with Gasteiger partial charge in [0.15, 0.2) is 5.96 Å². The van der Waals surface area contributed by atoms with Crippen molar-refractivity contribution in [1.29, 1.82) is 0 Å². The highest BCUT2D eigenvalue weighted by Gasteiger charge is 2.23. The van der Waals surface area contributed by atoms with E-state index in [9.17, 15) is 4.79 Å². The molecular weight excluding hydrogens is 465 g/mol. The largest absolute Gasteiger partial charge is 0.364 e. The third kappa shape index (κ3) is 6.12. The van der Waals surface area contributed by atoms with Gasteiger partial charge in [-0.3, -0.25) is 9.79 Å². The molecule has 0 saturated carbocycles. The molecule has 1 amide bonds. The molecule has 3 rings (SSSR count). The maximum absolute atomic E-state index is 11.6. The topological polar surface area (TPSA) is 60.0 Å². The van der Waals surface area contributed by atoms with E-state index in [-0.39, 0.29) is 29.9 Å². The number of amides is 1. The average molecular weight is 497 g/mol. The minimum atomic E-state index is 0. The van der Waals surface area contributed by atoms with Crippen LogP contribution in [0.1, 0.15) is 24.8 Å². The molecule has 7 heteroatoms. The summed E-state index contributed by atoms with van der Waals surface area (Å²) in [6.07, 6.45) is 7.12. The lowest BCUT2D eigenvalue weighted by molar-refractivity contribution is -0.121. The van der Waals surface area contributed by atoms with Crippen molar-refractivity contribution < 1.29 is 4.79 Å². The number of hydrogen-bond acceptors (Lipinski definition) is 3. The van der Waals surface area contributed by atoms with Crippen LogP contribution in [0.25, 0.3) is 0 Å². The third-order valence-electron chi connectivity index (χ3n) is 5.42. The fourth-order valence-electron chi connectivity index (χ4n) is 3.78. The van der Waals surface area contributed by atoms with E-state index in [2.05, 4.69) is 61.8 Å². The molecule has 1 aromatic rings. The van der Waals surface area contributed by atoms with Gasteiger partial charge in [0.25, 0.3) is 0 Å². The van der Waals surface area contributed by atoms with Gasteiger partial charge < -0.3 is 20.4 Å². The summed E-state index contributed by atoms with van der Waals surface area (Å²) in [6.45, 7) is 4.63. The maximum Gasteiger partial charge on any atom is 0.220 e. The summed E-state index contributed by atoms with van der Waals surface area (Å²) in [4.78, 5) is 20.7. The van der Waals surface area contributed by atoms with Crippen LogP contribution in [0.3, 0.4) is 0 Å². The lowest BCUT2D eigenvalue weighted by Crippen LogP contribution is -2.45. The molecule has 2 heterocycles. The number of halogens is 1. The molecule has 154 valence electrons. The van der Waals surface area contributed by atoms with Crippen molar-refractivity contribution >= 4 is 41.5 Å². The molecule has 0 atom stereocenters. The zero-order chi connectivity index (χ0) is 19.1. The number of carbonyl (C=O) groups is 1. The predicted molar refractivity (Wildman–Crippen MR) is 126 cm³/mol. The van der Waals surface area contributed by atoms with Crippen LogP contribution in [0, 0.1) is 5.92 Å². The average Bonchev–Trinajstić information content (AvgIpc) is 3.24. The Bertz CT molecular complexity index is 690. The number of anilines is 1. The first-order chi connectivity index (χ1) is 13.2. The first kappa shape index (κ1) is 22.5. The maximum atomic E-state index is 11.6. The number of guanidine groups is 1. The van der Waals surface area contributed by atoms with Crippen molar-refractivity contribution in [2.45, 2.75) is 25.8 Å².